The van der Waals surface area contributed by atoms with Gasteiger partial charge in [0.1, 0.15) is 0 Å². The van der Waals surface area contributed by atoms with Crippen LogP contribution in [-0.4, -0.2) is 22.5 Å². The molecule has 146 valence electrons. The summed E-state index contributed by atoms with van der Waals surface area (Å²) in [4.78, 5) is 27.0. The average Bonchev–Trinajstić information content (AvgIpc) is 2.64. The van der Waals surface area contributed by atoms with Crippen molar-refractivity contribution >= 4 is 63.2 Å². The highest BCUT2D eigenvalue weighted by Crippen LogP contribution is 2.30. The van der Waals surface area contributed by atoms with Gasteiger partial charge in [0.05, 0.1) is 31.2 Å². The lowest BCUT2D eigenvalue weighted by atomic mass is 10.1. The number of benzene rings is 2. The van der Waals surface area contributed by atoms with Crippen LogP contribution in [0.3, 0.4) is 0 Å². The number of carbonyl (C=O) groups is 1. The number of nitrogens with one attached hydrogen (secondary N) is 2. The largest absolute Gasteiger partial charge is 0.502 e. The number of aromatic amines is 1. The van der Waals surface area contributed by atoms with Gasteiger partial charge in [-0.05, 0) is 42.7 Å². The number of aromatic nitrogens is 1. The Kier molecular flexibility index (Phi) is 6.40. The molecule has 0 spiro atoms. The first-order valence-electron chi connectivity index (χ1n) is 8.24. The van der Waals surface area contributed by atoms with E-state index in [0.717, 1.165) is 5.56 Å². The van der Waals surface area contributed by atoms with Gasteiger partial charge in [0.2, 0.25) is 0 Å². The van der Waals surface area contributed by atoms with Gasteiger partial charge in [0, 0.05) is 11.9 Å². The summed E-state index contributed by atoms with van der Waals surface area (Å²) >= 11 is 23.9. The van der Waals surface area contributed by atoms with Crippen molar-refractivity contribution in [2.24, 2.45) is 0 Å². The van der Waals surface area contributed by atoms with Crippen LogP contribution in [0.5, 0.6) is 5.75 Å². The first-order chi connectivity index (χ1) is 13.3. The second-order valence-corrected chi connectivity index (χ2v) is 7.73. The number of carbonyl (C=O) groups excluding carboxylic acids is 1. The van der Waals surface area contributed by atoms with Crippen LogP contribution in [0.4, 0.5) is 0 Å². The standard InChI is InChI=1S/C19H14Cl4N2O3/c20-11-4-3-9(6-12(11)21)2-1-5-24-18(27)16-10-7-13(22)14(23)8-15(10)25-19(28)17(16)26/h3-4,6-8,26H,1-2,5H2,(H,24,27)(H,25,28). The van der Waals surface area contributed by atoms with Gasteiger partial charge >= 0.3 is 0 Å². The molecular formula is C19H14Cl4N2O3. The van der Waals surface area contributed by atoms with Crippen molar-refractivity contribution in [1.29, 1.82) is 0 Å². The highest BCUT2D eigenvalue weighted by molar-refractivity contribution is 6.43. The molecule has 0 aliphatic rings. The minimum absolute atomic E-state index is 0.146. The van der Waals surface area contributed by atoms with Crippen LogP contribution in [-0.2, 0) is 6.42 Å². The van der Waals surface area contributed by atoms with Crippen LogP contribution in [0.15, 0.2) is 35.1 Å². The second-order valence-electron chi connectivity index (χ2n) is 6.10. The Morgan fingerprint density at radius 3 is 2.39 bits per heavy atom. The summed E-state index contributed by atoms with van der Waals surface area (Å²) in [6.45, 7) is 0.328. The first kappa shape index (κ1) is 20.8. The number of hydrogen-bond acceptors (Lipinski definition) is 3. The Balaban J connectivity index is 1.76. The summed E-state index contributed by atoms with van der Waals surface area (Å²) in [5.41, 5.74) is 0.353. The molecule has 0 saturated heterocycles. The van der Waals surface area contributed by atoms with Gasteiger partial charge in [-0.1, -0.05) is 52.5 Å². The molecule has 2 aromatic carbocycles. The van der Waals surface area contributed by atoms with E-state index in [1.54, 1.807) is 12.1 Å². The smallest absolute Gasteiger partial charge is 0.291 e. The van der Waals surface area contributed by atoms with E-state index in [0.29, 0.717) is 40.3 Å². The fourth-order valence-corrected chi connectivity index (χ4v) is 3.44. The molecule has 0 saturated carbocycles. The number of halogens is 4. The monoisotopic (exact) mass is 458 g/mol. The lowest BCUT2D eigenvalue weighted by Crippen LogP contribution is -2.27. The van der Waals surface area contributed by atoms with Gasteiger partial charge in [-0.25, -0.2) is 0 Å². The number of hydrogen-bond donors (Lipinski definition) is 3. The molecule has 3 N–H and O–H groups in total. The van der Waals surface area contributed by atoms with Crippen molar-refractivity contribution in [1.82, 2.24) is 10.3 Å². The first-order valence-corrected chi connectivity index (χ1v) is 9.75. The molecule has 0 radical (unpaired) electrons. The van der Waals surface area contributed by atoms with Crippen molar-refractivity contribution in [2.45, 2.75) is 12.8 Å². The summed E-state index contributed by atoms with van der Waals surface area (Å²) < 4.78 is 0. The molecule has 5 nitrogen and oxygen atoms in total. The Bertz CT molecular complexity index is 1130. The normalized spacial score (nSPS) is 11.0. The fraction of sp³-hybridized carbons (Fsp3) is 0.158. The zero-order valence-corrected chi connectivity index (χ0v) is 17.3. The van der Waals surface area contributed by atoms with Crippen LogP contribution < -0.4 is 10.9 Å². The van der Waals surface area contributed by atoms with Crippen LogP contribution in [0.1, 0.15) is 22.3 Å². The van der Waals surface area contributed by atoms with E-state index in [1.165, 1.54) is 12.1 Å². The third-order valence-electron chi connectivity index (χ3n) is 4.17. The van der Waals surface area contributed by atoms with Gasteiger partial charge in [0.15, 0.2) is 5.75 Å². The third kappa shape index (κ3) is 4.39. The summed E-state index contributed by atoms with van der Waals surface area (Å²) in [5.74, 6) is -1.26. The maximum atomic E-state index is 12.6. The van der Waals surface area contributed by atoms with Crippen molar-refractivity contribution < 1.29 is 9.90 Å². The number of fused-ring (bicyclic) bond motifs is 1. The Hall–Kier alpha value is -1.92. The molecule has 1 aromatic heterocycles. The number of pyridine rings is 1. The number of H-pyrrole nitrogens is 1. The van der Waals surface area contributed by atoms with Gasteiger partial charge in [-0.15, -0.1) is 0 Å². The summed E-state index contributed by atoms with van der Waals surface area (Å²) in [6, 6.07) is 8.21. The lowest BCUT2D eigenvalue weighted by molar-refractivity contribution is 0.0952. The van der Waals surface area contributed by atoms with E-state index in [1.807, 2.05) is 6.07 Å². The molecule has 0 fully saturated rings. The number of amides is 1. The van der Waals surface area contributed by atoms with Crippen molar-refractivity contribution in [3.63, 3.8) is 0 Å². The molecule has 3 rings (SSSR count). The van der Waals surface area contributed by atoms with E-state index in [-0.39, 0.29) is 15.6 Å². The van der Waals surface area contributed by atoms with Gasteiger partial charge in [-0.3, -0.25) is 9.59 Å². The Labute approximate surface area is 180 Å². The van der Waals surface area contributed by atoms with E-state index >= 15 is 0 Å². The summed E-state index contributed by atoms with van der Waals surface area (Å²) in [6.07, 6.45) is 1.29. The molecule has 3 aromatic rings. The van der Waals surface area contributed by atoms with E-state index < -0.39 is 17.2 Å². The van der Waals surface area contributed by atoms with E-state index in [2.05, 4.69) is 10.3 Å². The molecular weight excluding hydrogens is 446 g/mol. The van der Waals surface area contributed by atoms with Crippen molar-refractivity contribution in [2.75, 3.05) is 6.54 Å². The Morgan fingerprint density at radius 2 is 1.68 bits per heavy atom. The van der Waals surface area contributed by atoms with Gasteiger partial charge in [0.25, 0.3) is 11.5 Å². The molecule has 0 aliphatic carbocycles. The minimum atomic E-state index is -0.785. The fourth-order valence-electron chi connectivity index (χ4n) is 2.79. The molecule has 28 heavy (non-hydrogen) atoms. The maximum Gasteiger partial charge on any atom is 0.291 e. The molecule has 0 aliphatic heterocycles. The van der Waals surface area contributed by atoms with Crippen LogP contribution in [0, 0.1) is 0 Å². The average molecular weight is 460 g/mol. The molecule has 0 atom stereocenters. The van der Waals surface area contributed by atoms with Gasteiger partial charge < -0.3 is 15.4 Å². The lowest BCUT2D eigenvalue weighted by Gasteiger charge is -2.11. The number of aryl methyl sites for hydroxylation is 1. The SMILES string of the molecule is O=C(NCCCc1ccc(Cl)c(Cl)c1)c1c(O)c(=O)[nH]c2cc(Cl)c(Cl)cc12. The predicted octanol–water partition coefficient (Wildman–Crippen LogP) is 5.21. The summed E-state index contributed by atoms with van der Waals surface area (Å²) in [5, 5.41) is 14.5. The van der Waals surface area contributed by atoms with E-state index in [4.69, 9.17) is 46.4 Å². The number of aromatic hydroxyl groups is 1. The van der Waals surface area contributed by atoms with Crippen LogP contribution >= 0.6 is 46.4 Å². The number of rotatable bonds is 5. The summed E-state index contributed by atoms with van der Waals surface area (Å²) in [7, 11) is 0. The Morgan fingerprint density at radius 1 is 1.00 bits per heavy atom. The van der Waals surface area contributed by atoms with Crippen molar-refractivity contribution in [3.05, 3.63) is 71.9 Å². The minimum Gasteiger partial charge on any atom is -0.502 e. The molecule has 0 bridgehead atoms. The molecule has 9 heteroatoms. The molecule has 0 unspecified atom stereocenters. The zero-order valence-electron chi connectivity index (χ0n) is 14.3. The predicted molar refractivity (Wildman–Crippen MR) is 113 cm³/mol. The molecule has 1 heterocycles. The third-order valence-corrected chi connectivity index (χ3v) is 5.63. The topological polar surface area (TPSA) is 82.2 Å². The maximum absolute atomic E-state index is 12.6. The molecule has 1 amide bonds. The quantitative estimate of drug-likeness (QED) is 0.458. The zero-order chi connectivity index (χ0) is 20.4. The second kappa shape index (κ2) is 8.62. The highest BCUT2D eigenvalue weighted by atomic mass is 35.5. The van der Waals surface area contributed by atoms with Crippen molar-refractivity contribution in [3.8, 4) is 5.75 Å². The van der Waals surface area contributed by atoms with Gasteiger partial charge in [-0.2, -0.15) is 0 Å². The van der Waals surface area contributed by atoms with Crippen LogP contribution in [0.2, 0.25) is 20.1 Å². The van der Waals surface area contributed by atoms with Crippen LogP contribution in [0.25, 0.3) is 10.9 Å². The van der Waals surface area contributed by atoms with E-state index in [9.17, 15) is 14.7 Å². The highest BCUT2D eigenvalue weighted by Gasteiger charge is 2.19.